The van der Waals surface area contributed by atoms with Crippen LogP contribution >= 0.6 is 27.5 Å². The van der Waals surface area contributed by atoms with Crippen LogP contribution < -0.4 is 0 Å². The molecule has 0 amide bonds. The van der Waals surface area contributed by atoms with Gasteiger partial charge in [0, 0.05) is 12.6 Å². The van der Waals surface area contributed by atoms with Crippen molar-refractivity contribution in [2.75, 3.05) is 0 Å². The van der Waals surface area contributed by atoms with Crippen LogP contribution in [0.25, 0.3) is 11.0 Å². The number of hydrogen-bond donors (Lipinski definition) is 0. The maximum Gasteiger partial charge on any atom is 0.139 e. The molecule has 0 aliphatic heterocycles. The smallest absolute Gasteiger partial charge is 0.139 e. The summed E-state index contributed by atoms with van der Waals surface area (Å²) in [5.41, 5.74) is 2.02. The second kappa shape index (κ2) is 4.74. The van der Waals surface area contributed by atoms with Crippen LogP contribution in [0.15, 0.2) is 16.6 Å². The molecule has 3 rings (SSSR count). The van der Waals surface area contributed by atoms with Crippen molar-refractivity contribution in [1.29, 1.82) is 0 Å². The molecular formula is C14H15BrClFN2. The first kappa shape index (κ1) is 13.4. The molecule has 0 unspecified atom stereocenters. The summed E-state index contributed by atoms with van der Waals surface area (Å²) in [6.45, 7) is 3.10. The van der Waals surface area contributed by atoms with Gasteiger partial charge in [0.15, 0.2) is 0 Å². The predicted octanol–water partition coefficient (Wildman–Crippen LogP) is 4.87. The highest BCUT2D eigenvalue weighted by Crippen LogP contribution is 2.50. The first-order valence-electron chi connectivity index (χ1n) is 6.49. The summed E-state index contributed by atoms with van der Waals surface area (Å²) in [7, 11) is 0. The molecule has 0 saturated heterocycles. The standard InChI is InChI=1S/C14H15BrClFN2/c1-2-14(3-4-14)8-19-12-6-10(17)9(15)5-11(12)18-13(19)7-16/h5-6H,2-4,7-8H2,1H3. The number of alkyl halides is 1. The van der Waals surface area contributed by atoms with Crippen LogP contribution in [0, 0.1) is 11.2 Å². The second-order valence-corrected chi connectivity index (χ2v) is 6.48. The lowest BCUT2D eigenvalue weighted by atomic mass is 10.0. The van der Waals surface area contributed by atoms with Gasteiger partial charge >= 0.3 is 0 Å². The molecule has 1 aromatic heterocycles. The number of aromatic nitrogens is 2. The van der Waals surface area contributed by atoms with Crippen LogP contribution in [0.3, 0.4) is 0 Å². The molecule has 0 atom stereocenters. The topological polar surface area (TPSA) is 17.8 Å². The Balaban J connectivity index is 2.12. The normalized spacial score (nSPS) is 17.1. The second-order valence-electron chi connectivity index (χ2n) is 5.36. The summed E-state index contributed by atoms with van der Waals surface area (Å²) in [6, 6.07) is 3.27. The fraction of sp³-hybridized carbons (Fsp3) is 0.500. The predicted molar refractivity (Wildman–Crippen MR) is 78.9 cm³/mol. The Bertz CT molecular complexity index is 634. The van der Waals surface area contributed by atoms with Crippen LogP contribution in [-0.4, -0.2) is 9.55 Å². The summed E-state index contributed by atoms with van der Waals surface area (Å²) in [6.07, 6.45) is 3.63. The Hall–Kier alpha value is -0.610. The monoisotopic (exact) mass is 344 g/mol. The Labute approximate surface area is 125 Å². The zero-order valence-electron chi connectivity index (χ0n) is 10.7. The molecule has 1 saturated carbocycles. The lowest BCUT2D eigenvalue weighted by Gasteiger charge is -2.16. The third-order valence-electron chi connectivity index (χ3n) is 4.19. The summed E-state index contributed by atoms with van der Waals surface area (Å²) in [5.74, 6) is 0.929. The van der Waals surface area contributed by atoms with E-state index in [1.165, 1.54) is 12.8 Å². The Morgan fingerprint density at radius 3 is 2.79 bits per heavy atom. The molecule has 0 radical (unpaired) electrons. The van der Waals surface area contributed by atoms with E-state index in [4.69, 9.17) is 11.6 Å². The molecular weight excluding hydrogens is 331 g/mol. The number of fused-ring (bicyclic) bond motifs is 1. The lowest BCUT2D eigenvalue weighted by Crippen LogP contribution is -2.13. The van der Waals surface area contributed by atoms with Gasteiger partial charge in [0.25, 0.3) is 0 Å². The maximum absolute atomic E-state index is 13.8. The minimum Gasteiger partial charge on any atom is -0.326 e. The quantitative estimate of drug-likeness (QED) is 0.723. The van der Waals surface area contributed by atoms with Gasteiger partial charge in [0.05, 0.1) is 21.4 Å². The number of hydrogen-bond acceptors (Lipinski definition) is 1. The number of halogens is 3. The molecule has 5 heteroatoms. The maximum atomic E-state index is 13.8. The van der Waals surface area contributed by atoms with Crippen molar-refractivity contribution >= 4 is 38.6 Å². The minimum absolute atomic E-state index is 0.254. The van der Waals surface area contributed by atoms with Crippen LogP contribution in [0.2, 0.25) is 0 Å². The van der Waals surface area contributed by atoms with E-state index in [0.29, 0.717) is 15.8 Å². The van der Waals surface area contributed by atoms with Gasteiger partial charge in [-0.3, -0.25) is 0 Å². The lowest BCUT2D eigenvalue weighted by molar-refractivity contribution is 0.409. The van der Waals surface area contributed by atoms with E-state index in [9.17, 15) is 4.39 Å². The molecule has 1 aliphatic rings. The molecule has 19 heavy (non-hydrogen) atoms. The summed E-state index contributed by atoms with van der Waals surface area (Å²) < 4.78 is 16.3. The van der Waals surface area contributed by atoms with Crippen molar-refractivity contribution in [3.63, 3.8) is 0 Å². The fourth-order valence-corrected chi connectivity index (χ4v) is 3.12. The minimum atomic E-state index is -0.254. The van der Waals surface area contributed by atoms with Crippen molar-refractivity contribution in [2.24, 2.45) is 5.41 Å². The summed E-state index contributed by atoms with van der Waals surface area (Å²) in [4.78, 5) is 4.51. The van der Waals surface area contributed by atoms with Gasteiger partial charge in [0.2, 0.25) is 0 Å². The molecule has 0 spiro atoms. The van der Waals surface area contributed by atoms with Crippen LogP contribution in [0.5, 0.6) is 0 Å². The Morgan fingerprint density at radius 1 is 1.47 bits per heavy atom. The zero-order valence-corrected chi connectivity index (χ0v) is 13.1. The van der Waals surface area contributed by atoms with Crippen LogP contribution in [0.4, 0.5) is 4.39 Å². The van der Waals surface area contributed by atoms with Crippen molar-refractivity contribution in [3.8, 4) is 0 Å². The molecule has 1 fully saturated rings. The highest BCUT2D eigenvalue weighted by molar-refractivity contribution is 9.10. The van der Waals surface area contributed by atoms with Crippen molar-refractivity contribution in [3.05, 3.63) is 28.2 Å². The third-order valence-corrected chi connectivity index (χ3v) is 5.04. The highest BCUT2D eigenvalue weighted by atomic mass is 79.9. The van der Waals surface area contributed by atoms with Gasteiger partial charge in [-0.1, -0.05) is 6.92 Å². The van der Waals surface area contributed by atoms with Gasteiger partial charge in [-0.15, -0.1) is 11.6 Å². The summed E-state index contributed by atoms with van der Waals surface area (Å²) >= 11 is 9.19. The van der Waals surface area contributed by atoms with Crippen LogP contribution in [0.1, 0.15) is 32.0 Å². The molecule has 2 aromatic rings. The average Bonchev–Trinajstić information content (AvgIpc) is 3.10. The van der Waals surface area contributed by atoms with Gasteiger partial charge in [-0.25, -0.2) is 9.37 Å². The SMILES string of the molecule is CCC1(Cn2c(CCl)nc3cc(Br)c(F)cc32)CC1. The van der Waals surface area contributed by atoms with E-state index < -0.39 is 0 Å². The molecule has 102 valence electrons. The third kappa shape index (κ3) is 2.29. The van der Waals surface area contributed by atoms with Crippen molar-refractivity contribution in [2.45, 2.75) is 38.6 Å². The van der Waals surface area contributed by atoms with E-state index in [1.54, 1.807) is 12.1 Å². The fourth-order valence-electron chi connectivity index (χ4n) is 2.58. The molecule has 1 aliphatic carbocycles. The molecule has 1 aromatic carbocycles. The van der Waals surface area contributed by atoms with E-state index in [-0.39, 0.29) is 5.82 Å². The molecule has 0 N–H and O–H groups in total. The highest BCUT2D eigenvalue weighted by Gasteiger charge is 2.41. The molecule has 2 nitrogen and oxygen atoms in total. The van der Waals surface area contributed by atoms with Crippen molar-refractivity contribution < 1.29 is 4.39 Å². The zero-order chi connectivity index (χ0) is 13.6. The van der Waals surface area contributed by atoms with Gasteiger partial charge in [0.1, 0.15) is 11.6 Å². The number of nitrogens with zero attached hydrogens (tertiary/aromatic N) is 2. The average molecular weight is 346 g/mol. The number of rotatable bonds is 4. The first-order valence-corrected chi connectivity index (χ1v) is 7.81. The summed E-state index contributed by atoms with van der Waals surface area (Å²) in [5, 5.41) is 0. The Morgan fingerprint density at radius 2 is 2.21 bits per heavy atom. The van der Waals surface area contributed by atoms with Crippen molar-refractivity contribution in [1.82, 2.24) is 9.55 Å². The van der Waals surface area contributed by atoms with E-state index in [0.717, 1.165) is 29.8 Å². The van der Waals surface area contributed by atoms with Gasteiger partial charge in [-0.2, -0.15) is 0 Å². The molecule has 0 bridgehead atoms. The number of imidazole rings is 1. The van der Waals surface area contributed by atoms with E-state index >= 15 is 0 Å². The van der Waals surface area contributed by atoms with Crippen LogP contribution in [-0.2, 0) is 12.4 Å². The van der Waals surface area contributed by atoms with Gasteiger partial charge in [-0.05, 0) is 46.7 Å². The molecule has 1 heterocycles. The van der Waals surface area contributed by atoms with E-state index in [2.05, 4.69) is 32.4 Å². The van der Waals surface area contributed by atoms with E-state index in [1.807, 2.05) is 0 Å². The number of benzene rings is 1. The van der Waals surface area contributed by atoms with Gasteiger partial charge < -0.3 is 4.57 Å². The Kier molecular flexibility index (Phi) is 3.34. The largest absolute Gasteiger partial charge is 0.326 e. The first-order chi connectivity index (χ1) is 9.08.